The fourth-order valence-electron chi connectivity index (χ4n) is 2.00. The second kappa shape index (κ2) is 4.40. The quantitative estimate of drug-likeness (QED) is 0.663. The Morgan fingerprint density at radius 1 is 1.54 bits per heavy atom. The third-order valence-corrected chi connectivity index (χ3v) is 2.68. The minimum absolute atomic E-state index is 0.257. The van der Waals surface area contributed by atoms with Gasteiger partial charge < -0.3 is 15.3 Å². The predicted octanol–water partition coefficient (Wildman–Crippen LogP) is 0.299. The van der Waals surface area contributed by atoms with Gasteiger partial charge in [-0.15, -0.1) is 0 Å². The van der Waals surface area contributed by atoms with Crippen LogP contribution in [0.5, 0.6) is 0 Å². The van der Waals surface area contributed by atoms with Crippen LogP contribution in [-0.4, -0.2) is 49.3 Å². The van der Waals surface area contributed by atoms with Gasteiger partial charge in [0, 0.05) is 25.7 Å². The topological polar surface area (TPSA) is 35.5 Å². The highest BCUT2D eigenvalue weighted by Crippen LogP contribution is 2.27. The van der Waals surface area contributed by atoms with Crippen LogP contribution in [0.1, 0.15) is 20.3 Å². The largest absolute Gasteiger partial charge is 0.395 e. The van der Waals surface area contributed by atoms with E-state index in [0.29, 0.717) is 11.5 Å². The average molecular weight is 186 g/mol. The molecule has 0 spiro atoms. The summed E-state index contributed by atoms with van der Waals surface area (Å²) in [5.41, 5.74) is 0.449. The Balaban J connectivity index is 2.24. The second-order valence-electron chi connectivity index (χ2n) is 4.93. The predicted molar refractivity (Wildman–Crippen MR) is 54.8 cm³/mol. The van der Waals surface area contributed by atoms with Crippen molar-refractivity contribution in [1.29, 1.82) is 0 Å². The van der Waals surface area contributed by atoms with Gasteiger partial charge in [-0.2, -0.15) is 0 Å². The van der Waals surface area contributed by atoms with Crippen molar-refractivity contribution in [3.8, 4) is 0 Å². The van der Waals surface area contributed by atoms with Gasteiger partial charge in [-0.25, -0.2) is 0 Å². The minimum Gasteiger partial charge on any atom is -0.395 e. The molecule has 1 fully saturated rings. The van der Waals surface area contributed by atoms with Gasteiger partial charge in [-0.3, -0.25) is 0 Å². The number of hydrogen-bond donors (Lipinski definition) is 2. The van der Waals surface area contributed by atoms with E-state index in [2.05, 4.69) is 31.1 Å². The van der Waals surface area contributed by atoms with E-state index in [1.54, 1.807) is 0 Å². The summed E-state index contributed by atoms with van der Waals surface area (Å²) in [6, 6.07) is 0.603. The number of aliphatic hydroxyl groups is 1. The molecule has 0 amide bonds. The Labute approximate surface area is 81.1 Å². The summed E-state index contributed by atoms with van der Waals surface area (Å²) >= 11 is 0. The first-order valence-electron chi connectivity index (χ1n) is 5.06. The van der Waals surface area contributed by atoms with Crippen molar-refractivity contribution in [2.75, 3.05) is 33.3 Å². The number of likely N-dealkylation sites (N-methyl/N-ethyl adjacent to an activating group) is 1. The summed E-state index contributed by atoms with van der Waals surface area (Å²) in [5.74, 6) is 0. The van der Waals surface area contributed by atoms with Crippen LogP contribution in [0.25, 0.3) is 0 Å². The van der Waals surface area contributed by atoms with E-state index in [1.807, 2.05) is 0 Å². The van der Waals surface area contributed by atoms with Gasteiger partial charge in [0.2, 0.25) is 0 Å². The molecule has 1 unspecified atom stereocenters. The molecule has 0 aromatic rings. The molecule has 0 aromatic carbocycles. The molecule has 0 aromatic heterocycles. The fourth-order valence-corrected chi connectivity index (χ4v) is 2.00. The molecule has 0 saturated carbocycles. The third-order valence-electron chi connectivity index (χ3n) is 2.68. The maximum atomic E-state index is 8.75. The van der Waals surface area contributed by atoms with Crippen LogP contribution in [0.15, 0.2) is 0 Å². The molecule has 1 aliphatic heterocycles. The molecule has 1 saturated heterocycles. The summed E-state index contributed by atoms with van der Waals surface area (Å²) in [6.07, 6.45) is 1.24. The lowest BCUT2D eigenvalue weighted by Gasteiger charge is -2.21. The third kappa shape index (κ3) is 3.63. The summed E-state index contributed by atoms with van der Waals surface area (Å²) in [6.45, 7) is 7.79. The first-order valence-corrected chi connectivity index (χ1v) is 5.06. The Morgan fingerprint density at radius 3 is 2.69 bits per heavy atom. The monoisotopic (exact) mass is 186 g/mol. The lowest BCUT2D eigenvalue weighted by molar-refractivity contribution is 0.209. The molecule has 78 valence electrons. The molecule has 3 nitrogen and oxygen atoms in total. The van der Waals surface area contributed by atoms with E-state index in [-0.39, 0.29) is 6.61 Å². The first-order chi connectivity index (χ1) is 6.03. The van der Waals surface area contributed by atoms with Crippen LogP contribution in [0.4, 0.5) is 0 Å². The molecule has 1 atom stereocenters. The number of hydrogen-bond acceptors (Lipinski definition) is 3. The zero-order valence-corrected chi connectivity index (χ0v) is 9.01. The Bertz CT molecular complexity index is 159. The number of nitrogens with one attached hydrogen (secondary N) is 1. The summed E-state index contributed by atoms with van der Waals surface area (Å²) < 4.78 is 0. The van der Waals surface area contributed by atoms with E-state index in [0.717, 1.165) is 19.6 Å². The van der Waals surface area contributed by atoms with Crippen LogP contribution < -0.4 is 5.32 Å². The summed E-state index contributed by atoms with van der Waals surface area (Å²) in [4.78, 5) is 2.18. The van der Waals surface area contributed by atoms with Gasteiger partial charge in [-0.1, -0.05) is 13.8 Å². The smallest absolute Gasteiger partial charge is 0.0558 e. The minimum atomic E-state index is 0.257. The molecular weight excluding hydrogens is 164 g/mol. The zero-order chi connectivity index (χ0) is 9.90. The van der Waals surface area contributed by atoms with Crippen LogP contribution in [-0.2, 0) is 0 Å². The maximum Gasteiger partial charge on any atom is 0.0558 e. The van der Waals surface area contributed by atoms with Crippen molar-refractivity contribution in [3.63, 3.8) is 0 Å². The Morgan fingerprint density at radius 2 is 2.23 bits per heavy atom. The first kappa shape index (κ1) is 11.0. The number of aliphatic hydroxyl groups excluding tert-OH is 1. The molecule has 1 heterocycles. The van der Waals surface area contributed by atoms with E-state index >= 15 is 0 Å². The van der Waals surface area contributed by atoms with Crippen molar-refractivity contribution < 1.29 is 5.11 Å². The van der Waals surface area contributed by atoms with Gasteiger partial charge in [0.05, 0.1) is 6.61 Å². The average Bonchev–Trinajstić information content (AvgIpc) is 2.30. The van der Waals surface area contributed by atoms with Crippen molar-refractivity contribution >= 4 is 0 Å². The lowest BCUT2D eigenvalue weighted by Crippen LogP contribution is -2.36. The molecule has 13 heavy (non-hydrogen) atoms. The van der Waals surface area contributed by atoms with E-state index < -0.39 is 0 Å². The molecule has 0 bridgehead atoms. The summed E-state index contributed by atoms with van der Waals surface area (Å²) in [7, 11) is 2.06. The van der Waals surface area contributed by atoms with Crippen molar-refractivity contribution in [3.05, 3.63) is 0 Å². The number of nitrogens with zero attached hydrogens (tertiary/aromatic N) is 1. The molecule has 3 heteroatoms. The molecule has 1 rings (SSSR count). The number of rotatable bonds is 4. The lowest BCUT2D eigenvalue weighted by atomic mass is 9.90. The van der Waals surface area contributed by atoms with E-state index in [9.17, 15) is 0 Å². The zero-order valence-electron chi connectivity index (χ0n) is 9.01. The van der Waals surface area contributed by atoms with Crippen molar-refractivity contribution in [1.82, 2.24) is 10.2 Å². The van der Waals surface area contributed by atoms with Crippen LogP contribution in [0.2, 0.25) is 0 Å². The maximum absolute atomic E-state index is 8.75. The normalized spacial score (nSPS) is 27.0. The Hall–Kier alpha value is -0.120. The molecule has 0 aliphatic carbocycles. The standard InChI is InChI=1S/C10H22N2O/c1-10(2)6-9(11-8-10)7-12(3)4-5-13/h9,11,13H,4-8H2,1-3H3. The molecule has 0 radical (unpaired) electrons. The second-order valence-corrected chi connectivity index (χ2v) is 4.93. The van der Waals surface area contributed by atoms with Gasteiger partial charge in [-0.05, 0) is 18.9 Å². The fraction of sp³-hybridized carbons (Fsp3) is 1.00. The van der Waals surface area contributed by atoms with Crippen LogP contribution in [0, 0.1) is 5.41 Å². The highest BCUT2D eigenvalue weighted by Gasteiger charge is 2.30. The highest BCUT2D eigenvalue weighted by molar-refractivity contribution is 4.88. The van der Waals surface area contributed by atoms with Crippen LogP contribution >= 0.6 is 0 Å². The van der Waals surface area contributed by atoms with Crippen LogP contribution in [0.3, 0.4) is 0 Å². The Kier molecular flexibility index (Phi) is 3.71. The summed E-state index contributed by atoms with van der Waals surface area (Å²) in [5, 5.41) is 12.3. The highest BCUT2D eigenvalue weighted by atomic mass is 16.3. The molecule has 2 N–H and O–H groups in total. The molecular formula is C10H22N2O. The van der Waals surface area contributed by atoms with Gasteiger partial charge >= 0.3 is 0 Å². The van der Waals surface area contributed by atoms with Gasteiger partial charge in [0.15, 0.2) is 0 Å². The SMILES string of the molecule is CN(CCO)CC1CC(C)(C)CN1. The van der Waals surface area contributed by atoms with Crippen molar-refractivity contribution in [2.45, 2.75) is 26.3 Å². The van der Waals surface area contributed by atoms with E-state index in [1.165, 1.54) is 6.42 Å². The van der Waals surface area contributed by atoms with Crippen molar-refractivity contribution in [2.24, 2.45) is 5.41 Å². The van der Waals surface area contributed by atoms with E-state index in [4.69, 9.17) is 5.11 Å². The van der Waals surface area contributed by atoms with Gasteiger partial charge in [0.1, 0.15) is 0 Å². The van der Waals surface area contributed by atoms with Gasteiger partial charge in [0.25, 0.3) is 0 Å². The molecule has 1 aliphatic rings.